The van der Waals surface area contributed by atoms with Crippen molar-refractivity contribution >= 4 is 11.6 Å². The van der Waals surface area contributed by atoms with Gasteiger partial charge in [-0.3, -0.25) is 9.78 Å². The molecule has 2 rings (SSSR count). The molecule has 5 heteroatoms. The third-order valence-corrected chi connectivity index (χ3v) is 2.38. The molecule has 2 aromatic rings. The van der Waals surface area contributed by atoms with E-state index in [0.717, 1.165) is 11.6 Å². The van der Waals surface area contributed by atoms with E-state index >= 15 is 0 Å². The Bertz CT molecular complexity index is 537. The Hall–Kier alpha value is -2.43. The van der Waals surface area contributed by atoms with Gasteiger partial charge < -0.3 is 11.1 Å². The monoisotopic (exact) mass is 245 g/mol. The summed E-state index contributed by atoms with van der Waals surface area (Å²) in [5.74, 6) is -0.887. The van der Waals surface area contributed by atoms with Crippen molar-refractivity contribution in [1.29, 1.82) is 0 Å². The Morgan fingerprint density at radius 1 is 1.28 bits per heavy atom. The summed E-state index contributed by atoms with van der Waals surface area (Å²) in [5, 5.41) is 2.68. The van der Waals surface area contributed by atoms with Gasteiger partial charge in [-0.1, -0.05) is 0 Å². The lowest BCUT2D eigenvalue weighted by molar-refractivity contribution is 0.0950. The lowest BCUT2D eigenvalue weighted by Gasteiger charge is -2.06. The lowest BCUT2D eigenvalue weighted by atomic mass is 10.1. The molecule has 0 unspecified atom stereocenters. The van der Waals surface area contributed by atoms with Crippen LogP contribution < -0.4 is 11.1 Å². The second-order valence-corrected chi connectivity index (χ2v) is 3.81. The topological polar surface area (TPSA) is 68.0 Å². The second-order valence-electron chi connectivity index (χ2n) is 3.81. The van der Waals surface area contributed by atoms with Gasteiger partial charge in [-0.05, 0) is 35.9 Å². The molecule has 0 fully saturated rings. The van der Waals surface area contributed by atoms with Crippen molar-refractivity contribution < 1.29 is 9.18 Å². The molecule has 0 aliphatic carbocycles. The Balaban J connectivity index is 2.04. The number of hydrogen-bond donors (Lipinski definition) is 2. The predicted molar refractivity (Wildman–Crippen MR) is 66.2 cm³/mol. The quantitative estimate of drug-likeness (QED) is 0.809. The van der Waals surface area contributed by atoms with Gasteiger partial charge in [0.15, 0.2) is 0 Å². The average molecular weight is 245 g/mol. The number of rotatable bonds is 3. The minimum Gasteiger partial charge on any atom is -0.399 e. The van der Waals surface area contributed by atoms with E-state index in [4.69, 9.17) is 5.73 Å². The summed E-state index contributed by atoms with van der Waals surface area (Å²) in [6, 6.07) is 7.34. The molecule has 1 heterocycles. The fraction of sp³-hybridized carbons (Fsp3) is 0.0769. The van der Waals surface area contributed by atoms with Gasteiger partial charge in [0.05, 0.1) is 0 Å². The van der Waals surface area contributed by atoms with Crippen LogP contribution >= 0.6 is 0 Å². The highest BCUT2D eigenvalue weighted by molar-refractivity contribution is 5.94. The predicted octanol–water partition coefficient (Wildman–Crippen LogP) is 1.73. The first-order valence-electron chi connectivity index (χ1n) is 5.38. The van der Waals surface area contributed by atoms with E-state index in [1.54, 1.807) is 24.5 Å². The molecule has 18 heavy (non-hydrogen) atoms. The van der Waals surface area contributed by atoms with E-state index in [1.807, 2.05) is 0 Å². The Morgan fingerprint density at radius 2 is 2.00 bits per heavy atom. The van der Waals surface area contributed by atoms with Crippen molar-refractivity contribution in [2.24, 2.45) is 0 Å². The maximum absolute atomic E-state index is 13.1. The minimum atomic E-state index is -0.524. The third-order valence-electron chi connectivity index (χ3n) is 2.38. The first-order chi connectivity index (χ1) is 8.65. The van der Waals surface area contributed by atoms with E-state index in [-0.39, 0.29) is 17.2 Å². The van der Waals surface area contributed by atoms with E-state index in [9.17, 15) is 9.18 Å². The van der Waals surface area contributed by atoms with Crippen molar-refractivity contribution in [2.45, 2.75) is 6.54 Å². The van der Waals surface area contributed by atoms with Crippen LogP contribution in [0.25, 0.3) is 0 Å². The Morgan fingerprint density at radius 3 is 2.67 bits per heavy atom. The maximum atomic E-state index is 13.1. The number of anilines is 1. The molecule has 0 saturated heterocycles. The minimum absolute atomic E-state index is 0.210. The van der Waals surface area contributed by atoms with E-state index in [0.29, 0.717) is 6.54 Å². The molecule has 0 atom stereocenters. The number of pyridine rings is 1. The number of hydrogen-bond acceptors (Lipinski definition) is 3. The molecule has 1 amide bonds. The standard InChI is InChI=1S/C13H12FN3O/c14-11-5-10(6-12(15)7-11)13(18)17-8-9-1-3-16-4-2-9/h1-7H,8,15H2,(H,17,18). The molecule has 0 bridgehead atoms. The maximum Gasteiger partial charge on any atom is 0.251 e. The van der Waals surface area contributed by atoms with Crippen LogP contribution in [-0.4, -0.2) is 10.9 Å². The van der Waals surface area contributed by atoms with Gasteiger partial charge in [-0.2, -0.15) is 0 Å². The van der Waals surface area contributed by atoms with Crippen LogP contribution in [0, 0.1) is 5.82 Å². The molecule has 1 aromatic carbocycles. The van der Waals surface area contributed by atoms with Gasteiger partial charge in [0.2, 0.25) is 0 Å². The van der Waals surface area contributed by atoms with Crippen molar-refractivity contribution in [3.05, 3.63) is 59.7 Å². The molecular weight excluding hydrogens is 233 g/mol. The number of benzene rings is 1. The molecule has 3 N–H and O–H groups in total. The first kappa shape index (κ1) is 12.0. The van der Waals surface area contributed by atoms with Gasteiger partial charge in [0, 0.05) is 30.2 Å². The van der Waals surface area contributed by atoms with E-state index in [2.05, 4.69) is 10.3 Å². The van der Waals surface area contributed by atoms with Crippen molar-refractivity contribution in [3.8, 4) is 0 Å². The summed E-state index contributed by atoms with van der Waals surface area (Å²) in [5.41, 5.74) is 6.83. The fourth-order valence-electron chi connectivity index (χ4n) is 1.53. The largest absolute Gasteiger partial charge is 0.399 e. The molecule has 0 saturated carbocycles. The second kappa shape index (κ2) is 5.27. The summed E-state index contributed by atoms with van der Waals surface area (Å²) in [4.78, 5) is 15.6. The summed E-state index contributed by atoms with van der Waals surface area (Å²) >= 11 is 0. The number of halogens is 1. The molecular formula is C13H12FN3O. The number of nitrogens with two attached hydrogens (primary N) is 1. The average Bonchev–Trinajstić information content (AvgIpc) is 2.36. The normalized spacial score (nSPS) is 10.1. The summed E-state index contributed by atoms with van der Waals surface area (Å²) in [6.07, 6.45) is 3.28. The van der Waals surface area contributed by atoms with Crippen molar-refractivity contribution in [2.75, 3.05) is 5.73 Å². The van der Waals surface area contributed by atoms with Gasteiger partial charge >= 0.3 is 0 Å². The van der Waals surface area contributed by atoms with Crippen LogP contribution in [0.15, 0.2) is 42.7 Å². The Labute approximate surface area is 104 Å². The van der Waals surface area contributed by atoms with Gasteiger partial charge in [0.25, 0.3) is 5.91 Å². The number of amides is 1. The summed E-state index contributed by atoms with van der Waals surface area (Å²) < 4.78 is 13.1. The number of nitrogens with zero attached hydrogens (tertiary/aromatic N) is 1. The first-order valence-corrected chi connectivity index (χ1v) is 5.38. The molecule has 92 valence electrons. The molecule has 4 nitrogen and oxygen atoms in total. The number of aromatic nitrogens is 1. The fourth-order valence-corrected chi connectivity index (χ4v) is 1.53. The summed E-state index contributed by atoms with van der Waals surface area (Å²) in [7, 11) is 0. The highest BCUT2D eigenvalue weighted by Gasteiger charge is 2.07. The number of carbonyl (C=O) groups excluding carboxylic acids is 1. The third kappa shape index (κ3) is 3.04. The van der Waals surface area contributed by atoms with Crippen LogP contribution in [0.1, 0.15) is 15.9 Å². The van der Waals surface area contributed by atoms with Crippen LogP contribution in [0.4, 0.5) is 10.1 Å². The molecule has 0 spiro atoms. The number of nitrogens with one attached hydrogen (secondary N) is 1. The van der Waals surface area contributed by atoms with E-state index < -0.39 is 5.82 Å². The Kier molecular flexibility index (Phi) is 3.52. The lowest BCUT2D eigenvalue weighted by Crippen LogP contribution is -2.23. The van der Waals surface area contributed by atoms with Gasteiger partial charge in [-0.25, -0.2) is 4.39 Å². The van der Waals surface area contributed by atoms with Crippen LogP contribution in [-0.2, 0) is 6.54 Å². The SMILES string of the molecule is Nc1cc(F)cc(C(=O)NCc2ccncc2)c1. The summed E-state index contributed by atoms with van der Waals surface area (Å²) in [6.45, 7) is 0.359. The zero-order valence-corrected chi connectivity index (χ0v) is 9.56. The van der Waals surface area contributed by atoms with E-state index in [1.165, 1.54) is 12.1 Å². The van der Waals surface area contributed by atoms with Crippen molar-refractivity contribution in [3.63, 3.8) is 0 Å². The van der Waals surface area contributed by atoms with Gasteiger partial charge in [0.1, 0.15) is 5.82 Å². The highest BCUT2D eigenvalue weighted by atomic mass is 19.1. The highest BCUT2D eigenvalue weighted by Crippen LogP contribution is 2.10. The number of nitrogen functional groups attached to an aromatic ring is 1. The van der Waals surface area contributed by atoms with Crippen molar-refractivity contribution in [1.82, 2.24) is 10.3 Å². The molecule has 1 aromatic heterocycles. The molecule has 0 radical (unpaired) electrons. The molecule has 0 aliphatic heterocycles. The van der Waals surface area contributed by atoms with Crippen LogP contribution in [0.3, 0.4) is 0 Å². The number of carbonyl (C=O) groups is 1. The molecule has 0 aliphatic rings. The zero-order chi connectivity index (χ0) is 13.0. The smallest absolute Gasteiger partial charge is 0.251 e. The van der Waals surface area contributed by atoms with Crippen LogP contribution in [0.5, 0.6) is 0 Å². The van der Waals surface area contributed by atoms with Gasteiger partial charge in [-0.15, -0.1) is 0 Å². The zero-order valence-electron chi connectivity index (χ0n) is 9.56. The van der Waals surface area contributed by atoms with Crippen LogP contribution in [0.2, 0.25) is 0 Å².